The number of fused-ring (bicyclic) bond motifs is 1. The fourth-order valence-electron chi connectivity index (χ4n) is 3.63. The molecule has 29 heavy (non-hydrogen) atoms. The van der Waals surface area contributed by atoms with E-state index in [2.05, 4.69) is 47.5 Å². The quantitative estimate of drug-likeness (QED) is 0.427. The van der Waals surface area contributed by atoms with Crippen molar-refractivity contribution in [3.63, 3.8) is 0 Å². The van der Waals surface area contributed by atoms with Crippen LogP contribution in [-0.4, -0.2) is 48.9 Å². The van der Waals surface area contributed by atoms with E-state index in [1.165, 1.54) is 0 Å². The summed E-state index contributed by atoms with van der Waals surface area (Å²) < 4.78 is 2.07. The number of amides is 1. The maximum atomic E-state index is 12.5. The van der Waals surface area contributed by atoms with E-state index < -0.39 is 0 Å². The SMILES string of the molecule is Cc1[nH]nc(C(=O)Nc2cnc3[nH]c(-c4cnn(C5CNC5)c4C)cc3c2)c1C. The van der Waals surface area contributed by atoms with E-state index in [0.29, 0.717) is 17.4 Å². The molecule has 0 saturated carbocycles. The summed E-state index contributed by atoms with van der Waals surface area (Å²) in [5, 5.41) is 18.5. The van der Waals surface area contributed by atoms with Crippen molar-refractivity contribution in [3.05, 3.63) is 47.2 Å². The number of anilines is 1. The summed E-state index contributed by atoms with van der Waals surface area (Å²) in [5.41, 5.74) is 6.66. The first-order valence-corrected chi connectivity index (χ1v) is 9.58. The van der Waals surface area contributed by atoms with Gasteiger partial charge in [-0.05, 0) is 32.9 Å². The maximum Gasteiger partial charge on any atom is 0.276 e. The number of aromatic amines is 2. The van der Waals surface area contributed by atoms with Crippen LogP contribution < -0.4 is 10.6 Å². The van der Waals surface area contributed by atoms with Crippen LogP contribution in [0, 0.1) is 20.8 Å². The van der Waals surface area contributed by atoms with Gasteiger partial charge >= 0.3 is 0 Å². The van der Waals surface area contributed by atoms with Crippen LogP contribution in [0.2, 0.25) is 0 Å². The number of nitrogens with one attached hydrogen (secondary N) is 4. The van der Waals surface area contributed by atoms with Crippen LogP contribution in [0.5, 0.6) is 0 Å². The molecule has 0 aliphatic carbocycles. The molecule has 148 valence electrons. The van der Waals surface area contributed by atoms with Gasteiger partial charge in [-0.25, -0.2) is 4.98 Å². The predicted octanol–water partition coefficient (Wildman–Crippen LogP) is 2.47. The molecule has 0 aromatic carbocycles. The Labute approximate surface area is 166 Å². The molecule has 0 unspecified atom stereocenters. The molecular weight excluding hydrogens is 368 g/mol. The monoisotopic (exact) mass is 390 g/mol. The topological polar surface area (TPSA) is 116 Å². The number of hydrogen-bond donors (Lipinski definition) is 4. The second-order valence-corrected chi connectivity index (χ2v) is 7.52. The highest BCUT2D eigenvalue weighted by atomic mass is 16.1. The fourth-order valence-corrected chi connectivity index (χ4v) is 3.63. The molecule has 0 bridgehead atoms. The summed E-state index contributed by atoms with van der Waals surface area (Å²) in [7, 11) is 0. The zero-order chi connectivity index (χ0) is 20.1. The standard InChI is InChI=1S/C20H22N8O/c1-10-11(2)26-27-18(10)20(29)24-14-4-13-5-17(25-19(13)22-6-14)16-9-23-28(12(16)3)15-7-21-8-15/h4-6,9,15,21H,7-8H2,1-3H3,(H,22,25)(H,24,29)(H,26,27). The third kappa shape index (κ3) is 2.90. The molecule has 1 aliphatic rings. The molecular formula is C20H22N8O. The number of rotatable bonds is 4. The van der Waals surface area contributed by atoms with Crippen molar-refractivity contribution in [2.45, 2.75) is 26.8 Å². The van der Waals surface area contributed by atoms with Gasteiger partial charge in [-0.15, -0.1) is 0 Å². The third-order valence-electron chi connectivity index (χ3n) is 5.64. The molecule has 1 aliphatic heterocycles. The Morgan fingerprint density at radius 2 is 2.03 bits per heavy atom. The molecule has 0 radical (unpaired) electrons. The average molecular weight is 390 g/mol. The largest absolute Gasteiger partial charge is 0.339 e. The highest BCUT2D eigenvalue weighted by molar-refractivity contribution is 6.04. The molecule has 4 N–H and O–H groups in total. The molecule has 5 heterocycles. The van der Waals surface area contributed by atoms with Gasteiger partial charge in [0.15, 0.2) is 5.69 Å². The number of hydrogen-bond acceptors (Lipinski definition) is 5. The Balaban J connectivity index is 1.42. The van der Waals surface area contributed by atoms with E-state index in [1.807, 2.05) is 32.2 Å². The highest BCUT2D eigenvalue weighted by Gasteiger charge is 2.23. The second kappa shape index (κ2) is 6.56. The van der Waals surface area contributed by atoms with Crippen molar-refractivity contribution in [3.8, 4) is 11.3 Å². The molecule has 0 atom stereocenters. The summed E-state index contributed by atoms with van der Waals surface area (Å²) in [4.78, 5) is 20.3. The van der Waals surface area contributed by atoms with Crippen molar-refractivity contribution < 1.29 is 4.79 Å². The van der Waals surface area contributed by atoms with Crippen molar-refractivity contribution in [1.29, 1.82) is 0 Å². The number of carbonyl (C=O) groups is 1. The lowest BCUT2D eigenvalue weighted by Crippen LogP contribution is -2.44. The zero-order valence-electron chi connectivity index (χ0n) is 16.5. The Hall–Kier alpha value is -3.46. The lowest BCUT2D eigenvalue weighted by molar-refractivity contribution is 0.102. The first kappa shape index (κ1) is 17.6. The van der Waals surface area contributed by atoms with Gasteiger partial charge in [0.2, 0.25) is 0 Å². The van der Waals surface area contributed by atoms with Crippen LogP contribution in [0.1, 0.15) is 33.5 Å². The molecule has 1 saturated heterocycles. The van der Waals surface area contributed by atoms with E-state index in [0.717, 1.165) is 52.3 Å². The van der Waals surface area contributed by atoms with Crippen LogP contribution >= 0.6 is 0 Å². The summed E-state index contributed by atoms with van der Waals surface area (Å²) in [6.07, 6.45) is 3.54. The van der Waals surface area contributed by atoms with Crippen molar-refractivity contribution >= 4 is 22.6 Å². The first-order valence-electron chi connectivity index (χ1n) is 9.58. The van der Waals surface area contributed by atoms with Gasteiger partial charge in [-0.1, -0.05) is 0 Å². The van der Waals surface area contributed by atoms with Gasteiger partial charge in [-0.3, -0.25) is 14.6 Å². The summed E-state index contributed by atoms with van der Waals surface area (Å²) >= 11 is 0. The third-order valence-corrected chi connectivity index (χ3v) is 5.64. The molecule has 4 aromatic heterocycles. The number of carbonyl (C=O) groups excluding carboxylic acids is 1. The smallest absolute Gasteiger partial charge is 0.276 e. The minimum Gasteiger partial charge on any atom is -0.339 e. The van der Waals surface area contributed by atoms with E-state index in [1.54, 1.807) is 6.20 Å². The molecule has 1 fully saturated rings. The molecule has 4 aromatic rings. The lowest BCUT2D eigenvalue weighted by atomic mass is 10.1. The molecule has 9 nitrogen and oxygen atoms in total. The van der Waals surface area contributed by atoms with Gasteiger partial charge in [0.05, 0.1) is 29.8 Å². The van der Waals surface area contributed by atoms with Crippen LogP contribution in [0.15, 0.2) is 24.5 Å². The number of nitrogens with zero attached hydrogens (tertiary/aromatic N) is 4. The Morgan fingerprint density at radius 1 is 1.21 bits per heavy atom. The highest BCUT2D eigenvalue weighted by Crippen LogP contribution is 2.29. The van der Waals surface area contributed by atoms with Crippen molar-refractivity contribution in [2.75, 3.05) is 18.4 Å². The number of pyridine rings is 1. The molecule has 1 amide bonds. The average Bonchev–Trinajstić information content (AvgIpc) is 3.32. The van der Waals surface area contributed by atoms with E-state index in [9.17, 15) is 4.79 Å². The Morgan fingerprint density at radius 3 is 2.72 bits per heavy atom. The number of aryl methyl sites for hydroxylation is 1. The lowest BCUT2D eigenvalue weighted by Gasteiger charge is -2.28. The van der Waals surface area contributed by atoms with E-state index in [-0.39, 0.29) is 5.91 Å². The Kier molecular flexibility index (Phi) is 3.99. The van der Waals surface area contributed by atoms with Crippen molar-refractivity contribution in [2.24, 2.45) is 0 Å². The van der Waals surface area contributed by atoms with Crippen LogP contribution in [-0.2, 0) is 0 Å². The molecule has 0 spiro atoms. The van der Waals surface area contributed by atoms with Gasteiger partial charge in [0.1, 0.15) is 5.65 Å². The van der Waals surface area contributed by atoms with Gasteiger partial charge in [-0.2, -0.15) is 10.2 Å². The molecule has 9 heteroatoms. The number of aromatic nitrogens is 6. The summed E-state index contributed by atoms with van der Waals surface area (Å²) in [5.74, 6) is -0.255. The Bertz CT molecular complexity index is 1230. The van der Waals surface area contributed by atoms with Crippen LogP contribution in [0.4, 0.5) is 5.69 Å². The van der Waals surface area contributed by atoms with Gasteiger partial charge < -0.3 is 15.6 Å². The van der Waals surface area contributed by atoms with E-state index in [4.69, 9.17) is 0 Å². The minimum absolute atomic E-state index is 0.255. The minimum atomic E-state index is -0.255. The van der Waals surface area contributed by atoms with Crippen molar-refractivity contribution in [1.82, 2.24) is 35.3 Å². The normalized spacial score (nSPS) is 14.3. The van der Waals surface area contributed by atoms with Crippen LogP contribution in [0.3, 0.4) is 0 Å². The van der Waals surface area contributed by atoms with Crippen LogP contribution in [0.25, 0.3) is 22.3 Å². The molecule has 5 rings (SSSR count). The number of H-pyrrole nitrogens is 2. The van der Waals surface area contributed by atoms with Gasteiger partial charge in [0.25, 0.3) is 5.91 Å². The van der Waals surface area contributed by atoms with E-state index >= 15 is 0 Å². The summed E-state index contributed by atoms with van der Waals surface area (Å²) in [6.45, 7) is 7.75. The second-order valence-electron chi connectivity index (χ2n) is 7.52. The first-order chi connectivity index (χ1) is 14.0. The fraction of sp³-hybridized carbons (Fsp3) is 0.300. The zero-order valence-corrected chi connectivity index (χ0v) is 16.5. The maximum absolute atomic E-state index is 12.5. The predicted molar refractivity (Wildman–Crippen MR) is 110 cm³/mol. The van der Waals surface area contributed by atoms with Gasteiger partial charge in [0, 0.05) is 41.0 Å². The summed E-state index contributed by atoms with van der Waals surface area (Å²) in [6, 6.07) is 4.36.